The number of amides is 1. The zero-order chi connectivity index (χ0) is 19.6. The number of carbonyl (C=O) groups excluding carboxylic acids is 1. The van der Waals surface area contributed by atoms with Gasteiger partial charge in [0.15, 0.2) is 0 Å². The Morgan fingerprint density at radius 3 is 2.44 bits per heavy atom. The minimum Gasteiger partial charge on any atom is -0.497 e. The van der Waals surface area contributed by atoms with E-state index in [1.165, 1.54) is 0 Å². The van der Waals surface area contributed by atoms with Gasteiger partial charge in [-0.15, -0.1) is 0 Å². The highest BCUT2D eigenvalue weighted by atomic mass is 32.2. The molecule has 1 unspecified atom stereocenters. The van der Waals surface area contributed by atoms with Crippen LogP contribution in [0.1, 0.15) is 17.5 Å². The van der Waals surface area contributed by atoms with E-state index in [0.717, 1.165) is 22.6 Å². The molecular weight excluding hydrogens is 364 g/mol. The van der Waals surface area contributed by atoms with E-state index in [-0.39, 0.29) is 23.3 Å². The van der Waals surface area contributed by atoms with Gasteiger partial charge in [0.25, 0.3) is 0 Å². The Labute approximate surface area is 160 Å². The molecule has 0 radical (unpaired) electrons. The largest absolute Gasteiger partial charge is 0.497 e. The van der Waals surface area contributed by atoms with Crippen molar-refractivity contribution in [1.29, 1.82) is 0 Å². The Kier molecular flexibility index (Phi) is 5.53. The SMILES string of the molecule is COc1ccc(N2CC(CNS(=O)(=O)c3ccc(C)c(C)c3)CC2=O)cc1. The predicted molar refractivity (Wildman–Crippen MR) is 105 cm³/mol. The molecule has 1 saturated heterocycles. The Bertz CT molecular complexity index is 939. The number of nitrogens with one attached hydrogen (secondary N) is 1. The lowest BCUT2D eigenvalue weighted by atomic mass is 10.1. The second-order valence-corrected chi connectivity index (χ2v) is 8.64. The van der Waals surface area contributed by atoms with Gasteiger partial charge >= 0.3 is 0 Å². The Morgan fingerprint density at radius 1 is 1.11 bits per heavy atom. The topological polar surface area (TPSA) is 75.7 Å². The monoisotopic (exact) mass is 388 g/mol. The summed E-state index contributed by atoms with van der Waals surface area (Å²) < 4.78 is 32.8. The quantitative estimate of drug-likeness (QED) is 0.825. The van der Waals surface area contributed by atoms with Gasteiger partial charge in [0.1, 0.15) is 5.75 Å². The first-order chi connectivity index (χ1) is 12.8. The Balaban J connectivity index is 1.64. The summed E-state index contributed by atoms with van der Waals surface area (Å²) >= 11 is 0. The Morgan fingerprint density at radius 2 is 1.81 bits per heavy atom. The average Bonchev–Trinajstić information content (AvgIpc) is 3.03. The normalized spacial score (nSPS) is 17.4. The summed E-state index contributed by atoms with van der Waals surface area (Å²) in [6.07, 6.45) is 0.321. The molecule has 1 amide bonds. The molecule has 144 valence electrons. The molecule has 0 spiro atoms. The van der Waals surface area contributed by atoms with Gasteiger partial charge in [-0.1, -0.05) is 6.07 Å². The second-order valence-electron chi connectivity index (χ2n) is 6.87. The van der Waals surface area contributed by atoms with Crippen molar-refractivity contribution < 1.29 is 17.9 Å². The van der Waals surface area contributed by atoms with E-state index >= 15 is 0 Å². The van der Waals surface area contributed by atoms with Crippen molar-refractivity contribution in [2.24, 2.45) is 5.92 Å². The van der Waals surface area contributed by atoms with Crippen LogP contribution in [0.3, 0.4) is 0 Å². The van der Waals surface area contributed by atoms with Crippen molar-refractivity contribution in [2.75, 3.05) is 25.1 Å². The third-order valence-corrected chi connectivity index (χ3v) is 6.36. The van der Waals surface area contributed by atoms with Gasteiger partial charge in [0.05, 0.1) is 12.0 Å². The molecule has 1 atom stereocenters. The summed E-state index contributed by atoms with van der Waals surface area (Å²) in [6.45, 7) is 4.54. The maximum absolute atomic E-state index is 12.5. The lowest BCUT2D eigenvalue weighted by molar-refractivity contribution is -0.117. The number of benzene rings is 2. The van der Waals surface area contributed by atoms with Crippen LogP contribution < -0.4 is 14.4 Å². The van der Waals surface area contributed by atoms with Crippen LogP contribution in [0, 0.1) is 19.8 Å². The summed E-state index contributed by atoms with van der Waals surface area (Å²) in [5, 5.41) is 0. The smallest absolute Gasteiger partial charge is 0.240 e. The van der Waals surface area contributed by atoms with Crippen LogP contribution in [0.2, 0.25) is 0 Å². The van der Waals surface area contributed by atoms with Crippen molar-refractivity contribution in [1.82, 2.24) is 4.72 Å². The van der Waals surface area contributed by atoms with Crippen LogP contribution >= 0.6 is 0 Å². The zero-order valence-electron chi connectivity index (χ0n) is 15.7. The summed E-state index contributed by atoms with van der Waals surface area (Å²) in [5.41, 5.74) is 2.77. The first-order valence-corrected chi connectivity index (χ1v) is 10.3. The van der Waals surface area contributed by atoms with E-state index in [0.29, 0.717) is 13.0 Å². The number of ether oxygens (including phenoxy) is 1. The lowest BCUT2D eigenvalue weighted by Gasteiger charge is -2.17. The van der Waals surface area contributed by atoms with Crippen molar-refractivity contribution in [3.8, 4) is 5.75 Å². The van der Waals surface area contributed by atoms with Crippen LogP contribution in [0.15, 0.2) is 47.4 Å². The zero-order valence-corrected chi connectivity index (χ0v) is 16.5. The van der Waals surface area contributed by atoms with E-state index in [2.05, 4.69) is 4.72 Å². The molecular formula is C20H24N2O4S. The summed E-state index contributed by atoms with van der Waals surface area (Å²) in [5.74, 6) is 0.652. The molecule has 1 aliphatic heterocycles. The third kappa shape index (κ3) is 4.31. The van der Waals surface area contributed by atoms with Crippen LogP contribution in [0.5, 0.6) is 5.75 Å². The number of aryl methyl sites for hydroxylation is 2. The predicted octanol–water partition coefficient (Wildman–Crippen LogP) is 2.64. The van der Waals surface area contributed by atoms with Crippen molar-refractivity contribution in [3.63, 3.8) is 0 Å². The van der Waals surface area contributed by atoms with E-state index in [4.69, 9.17) is 4.74 Å². The number of carbonyl (C=O) groups is 1. The average molecular weight is 388 g/mol. The van der Waals surface area contributed by atoms with E-state index in [1.54, 1.807) is 42.3 Å². The molecule has 0 aromatic heterocycles. The van der Waals surface area contributed by atoms with Gasteiger partial charge in [-0.25, -0.2) is 13.1 Å². The molecule has 27 heavy (non-hydrogen) atoms. The molecule has 1 aliphatic rings. The fourth-order valence-corrected chi connectivity index (χ4v) is 4.32. The summed E-state index contributed by atoms with van der Waals surface area (Å²) in [6, 6.07) is 12.3. The number of anilines is 1. The molecule has 3 rings (SSSR count). The third-order valence-electron chi connectivity index (χ3n) is 4.94. The highest BCUT2D eigenvalue weighted by Crippen LogP contribution is 2.27. The van der Waals surface area contributed by atoms with Crippen LogP contribution in [0.4, 0.5) is 5.69 Å². The van der Waals surface area contributed by atoms with Gasteiger partial charge < -0.3 is 9.64 Å². The van der Waals surface area contributed by atoms with E-state index < -0.39 is 10.0 Å². The highest BCUT2D eigenvalue weighted by Gasteiger charge is 2.31. The minimum absolute atomic E-state index is 0.00412. The lowest BCUT2D eigenvalue weighted by Crippen LogP contribution is -2.31. The molecule has 2 aromatic rings. The fraction of sp³-hybridized carbons (Fsp3) is 0.350. The number of rotatable bonds is 6. The molecule has 1 fully saturated rings. The first kappa shape index (κ1) is 19.4. The first-order valence-electron chi connectivity index (χ1n) is 8.81. The molecule has 0 aliphatic carbocycles. The van der Waals surface area contributed by atoms with Gasteiger partial charge in [0, 0.05) is 25.2 Å². The second kappa shape index (κ2) is 7.70. The molecule has 7 heteroatoms. The number of sulfonamides is 1. The summed E-state index contributed by atoms with van der Waals surface area (Å²) in [4.78, 5) is 14.3. The standard InChI is InChI=1S/C20H24N2O4S/c1-14-4-9-19(10-15(14)2)27(24,25)21-12-16-11-20(23)22(13-16)17-5-7-18(26-3)8-6-17/h4-10,16,21H,11-13H2,1-3H3. The van der Waals surface area contributed by atoms with Crippen LogP contribution in [0.25, 0.3) is 0 Å². The maximum atomic E-state index is 12.5. The number of hydrogen-bond donors (Lipinski definition) is 1. The van der Waals surface area contributed by atoms with Gasteiger partial charge in [-0.2, -0.15) is 0 Å². The maximum Gasteiger partial charge on any atom is 0.240 e. The van der Waals surface area contributed by atoms with Gasteiger partial charge in [-0.3, -0.25) is 4.79 Å². The van der Waals surface area contributed by atoms with Gasteiger partial charge in [-0.05, 0) is 67.3 Å². The van der Waals surface area contributed by atoms with E-state index in [1.807, 2.05) is 26.0 Å². The van der Waals surface area contributed by atoms with Gasteiger partial charge in [0.2, 0.25) is 15.9 Å². The molecule has 6 nitrogen and oxygen atoms in total. The molecule has 2 aromatic carbocycles. The number of nitrogens with zero attached hydrogens (tertiary/aromatic N) is 1. The molecule has 0 saturated carbocycles. The van der Waals surface area contributed by atoms with Crippen molar-refractivity contribution in [2.45, 2.75) is 25.2 Å². The van der Waals surface area contributed by atoms with Crippen molar-refractivity contribution in [3.05, 3.63) is 53.6 Å². The highest BCUT2D eigenvalue weighted by molar-refractivity contribution is 7.89. The molecule has 1 heterocycles. The number of hydrogen-bond acceptors (Lipinski definition) is 4. The van der Waals surface area contributed by atoms with E-state index in [9.17, 15) is 13.2 Å². The van der Waals surface area contributed by atoms with Crippen LogP contribution in [-0.4, -0.2) is 34.5 Å². The summed E-state index contributed by atoms with van der Waals surface area (Å²) in [7, 11) is -2.00. The Hall–Kier alpha value is -2.38. The van der Waals surface area contributed by atoms with Crippen LogP contribution in [-0.2, 0) is 14.8 Å². The minimum atomic E-state index is -3.59. The van der Waals surface area contributed by atoms with Crippen molar-refractivity contribution >= 4 is 21.6 Å². The fourth-order valence-electron chi connectivity index (χ4n) is 3.12. The molecule has 1 N–H and O–H groups in total. The number of methoxy groups -OCH3 is 1. The molecule has 0 bridgehead atoms.